The highest BCUT2D eigenvalue weighted by Gasteiger charge is 2.23. The van der Waals surface area contributed by atoms with Crippen LogP contribution in [0.15, 0.2) is 48.5 Å². The molecule has 108 valence electrons. The fourth-order valence-electron chi connectivity index (χ4n) is 2.81. The Labute approximate surface area is 125 Å². The van der Waals surface area contributed by atoms with E-state index in [0.29, 0.717) is 6.42 Å². The molecule has 0 atom stereocenters. The van der Waals surface area contributed by atoms with Crippen molar-refractivity contribution in [2.24, 2.45) is 0 Å². The Morgan fingerprint density at radius 2 is 2.05 bits per heavy atom. The molecule has 0 fully saturated rings. The molecule has 1 amide bonds. The second kappa shape index (κ2) is 6.00. The summed E-state index contributed by atoms with van der Waals surface area (Å²) in [6.45, 7) is 0.802. The van der Waals surface area contributed by atoms with Crippen LogP contribution in [-0.4, -0.2) is 19.6 Å². The van der Waals surface area contributed by atoms with E-state index in [0.717, 1.165) is 36.4 Å². The van der Waals surface area contributed by atoms with Gasteiger partial charge in [-0.1, -0.05) is 30.3 Å². The summed E-state index contributed by atoms with van der Waals surface area (Å²) >= 11 is 0. The van der Waals surface area contributed by atoms with Crippen molar-refractivity contribution >= 4 is 11.6 Å². The minimum atomic E-state index is 0.197. The monoisotopic (exact) mass is 281 g/mol. The van der Waals surface area contributed by atoms with E-state index in [1.54, 1.807) is 7.11 Å². The van der Waals surface area contributed by atoms with E-state index < -0.39 is 0 Å². The van der Waals surface area contributed by atoms with Gasteiger partial charge in [0, 0.05) is 18.7 Å². The number of anilines is 1. The second-order valence-electron chi connectivity index (χ2n) is 5.28. The summed E-state index contributed by atoms with van der Waals surface area (Å²) in [4.78, 5) is 14.3. The molecule has 2 aromatic carbocycles. The highest BCUT2D eigenvalue weighted by atomic mass is 16.5. The number of carbonyl (C=O) groups is 1. The predicted octanol–water partition coefficient (Wildman–Crippen LogP) is 3.22. The molecule has 2 aromatic rings. The van der Waals surface area contributed by atoms with Gasteiger partial charge in [-0.2, -0.15) is 0 Å². The highest BCUT2D eigenvalue weighted by Crippen LogP contribution is 2.28. The quantitative estimate of drug-likeness (QED) is 0.861. The molecular formula is C18H19NO2. The van der Waals surface area contributed by atoms with Crippen LogP contribution >= 0.6 is 0 Å². The number of aryl methyl sites for hydroxylation is 1. The third-order valence-corrected chi connectivity index (χ3v) is 3.95. The zero-order valence-electron chi connectivity index (χ0n) is 12.2. The molecule has 0 saturated heterocycles. The lowest BCUT2D eigenvalue weighted by Gasteiger charge is -2.17. The zero-order valence-corrected chi connectivity index (χ0v) is 12.2. The number of ether oxygens (including phenoxy) is 1. The molecule has 3 nitrogen and oxygen atoms in total. The van der Waals surface area contributed by atoms with Crippen molar-refractivity contribution in [3.05, 3.63) is 59.7 Å². The van der Waals surface area contributed by atoms with Gasteiger partial charge in [0.25, 0.3) is 0 Å². The van der Waals surface area contributed by atoms with Crippen LogP contribution in [0.4, 0.5) is 5.69 Å². The normalized spacial score (nSPS) is 13.1. The van der Waals surface area contributed by atoms with Crippen LogP contribution in [0.3, 0.4) is 0 Å². The molecule has 0 saturated carbocycles. The van der Waals surface area contributed by atoms with Gasteiger partial charge < -0.3 is 9.64 Å². The first-order valence-electron chi connectivity index (χ1n) is 7.29. The lowest BCUT2D eigenvalue weighted by molar-refractivity contribution is -0.118. The van der Waals surface area contributed by atoms with E-state index in [1.165, 1.54) is 5.56 Å². The van der Waals surface area contributed by atoms with Gasteiger partial charge in [-0.25, -0.2) is 0 Å². The number of benzene rings is 2. The third-order valence-electron chi connectivity index (χ3n) is 3.95. The van der Waals surface area contributed by atoms with E-state index in [9.17, 15) is 4.79 Å². The molecule has 0 N–H and O–H groups in total. The van der Waals surface area contributed by atoms with Crippen LogP contribution < -0.4 is 9.64 Å². The van der Waals surface area contributed by atoms with E-state index in [-0.39, 0.29) is 5.91 Å². The molecule has 21 heavy (non-hydrogen) atoms. The summed E-state index contributed by atoms with van der Waals surface area (Å²) < 4.78 is 5.21. The molecule has 0 aromatic heterocycles. The largest absolute Gasteiger partial charge is 0.497 e. The number of rotatable bonds is 4. The number of nitrogens with zero attached hydrogens (tertiary/aromatic N) is 1. The average Bonchev–Trinajstić information content (AvgIpc) is 2.97. The van der Waals surface area contributed by atoms with Crippen LogP contribution in [0.25, 0.3) is 0 Å². The Bertz CT molecular complexity index is 651. The first-order valence-corrected chi connectivity index (χ1v) is 7.29. The summed E-state index contributed by atoms with van der Waals surface area (Å²) in [5.41, 5.74) is 3.48. The Balaban J connectivity index is 1.65. The number of amides is 1. The average molecular weight is 281 g/mol. The van der Waals surface area contributed by atoms with Gasteiger partial charge in [0.15, 0.2) is 0 Å². The van der Waals surface area contributed by atoms with E-state index >= 15 is 0 Å². The van der Waals surface area contributed by atoms with Crippen LogP contribution in [-0.2, 0) is 17.6 Å². The minimum absolute atomic E-state index is 0.197. The van der Waals surface area contributed by atoms with Gasteiger partial charge in [0.05, 0.1) is 7.11 Å². The standard InChI is InChI=1S/C18H19NO2/c1-21-16-7-4-5-14(13-16)9-10-18(20)19-12-11-15-6-2-3-8-17(15)19/h2-8,13H,9-12H2,1H3. The fourth-order valence-corrected chi connectivity index (χ4v) is 2.81. The van der Waals surface area contributed by atoms with Gasteiger partial charge in [-0.3, -0.25) is 4.79 Å². The van der Waals surface area contributed by atoms with Crippen molar-refractivity contribution in [2.75, 3.05) is 18.6 Å². The van der Waals surface area contributed by atoms with E-state index in [2.05, 4.69) is 6.07 Å². The Morgan fingerprint density at radius 3 is 2.90 bits per heavy atom. The Kier molecular flexibility index (Phi) is 3.91. The minimum Gasteiger partial charge on any atom is -0.497 e. The van der Waals surface area contributed by atoms with E-state index in [1.807, 2.05) is 47.4 Å². The van der Waals surface area contributed by atoms with E-state index in [4.69, 9.17) is 4.74 Å². The second-order valence-corrected chi connectivity index (χ2v) is 5.28. The summed E-state index contributed by atoms with van der Waals surface area (Å²) in [5, 5.41) is 0. The number of hydrogen-bond donors (Lipinski definition) is 0. The summed E-state index contributed by atoms with van der Waals surface area (Å²) in [6, 6.07) is 16.1. The predicted molar refractivity (Wildman–Crippen MR) is 83.8 cm³/mol. The molecule has 0 aliphatic carbocycles. The van der Waals surface area contributed by atoms with Crippen molar-refractivity contribution in [3.8, 4) is 5.75 Å². The topological polar surface area (TPSA) is 29.5 Å². The first-order chi connectivity index (χ1) is 10.3. The number of carbonyl (C=O) groups excluding carboxylic acids is 1. The lowest BCUT2D eigenvalue weighted by Crippen LogP contribution is -2.29. The number of hydrogen-bond acceptors (Lipinski definition) is 2. The molecular weight excluding hydrogens is 262 g/mol. The van der Waals surface area contributed by atoms with Gasteiger partial charge in [0.1, 0.15) is 5.75 Å². The van der Waals surface area contributed by atoms with Gasteiger partial charge in [-0.15, -0.1) is 0 Å². The zero-order chi connectivity index (χ0) is 14.7. The number of fused-ring (bicyclic) bond motifs is 1. The molecule has 3 heteroatoms. The molecule has 0 bridgehead atoms. The van der Waals surface area contributed by atoms with Gasteiger partial charge in [0.2, 0.25) is 5.91 Å². The van der Waals surface area contributed by atoms with Gasteiger partial charge in [-0.05, 0) is 42.2 Å². The molecule has 1 aliphatic rings. The van der Waals surface area contributed by atoms with Crippen LogP contribution in [0.5, 0.6) is 5.75 Å². The van der Waals surface area contributed by atoms with Crippen molar-refractivity contribution in [1.82, 2.24) is 0 Å². The molecule has 1 heterocycles. The maximum atomic E-state index is 12.4. The molecule has 0 spiro atoms. The van der Waals surface area contributed by atoms with Crippen LogP contribution in [0, 0.1) is 0 Å². The maximum absolute atomic E-state index is 12.4. The smallest absolute Gasteiger partial charge is 0.227 e. The molecule has 0 unspecified atom stereocenters. The summed E-state index contributed by atoms with van der Waals surface area (Å²) in [7, 11) is 1.66. The molecule has 1 aliphatic heterocycles. The maximum Gasteiger partial charge on any atom is 0.227 e. The fraction of sp³-hybridized carbons (Fsp3) is 0.278. The van der Waals surface area contributed by atoms with Gasteiger partial charge >= 0.3 is 0 Å². The van der Waals surface area contributed by atoms with Crippen molar-refractivity contribution < 1.29 is 9.53 Å². The third kappa shape index (κ3) is 2.92. The lowest BCUT2D eigenvalue weighted by atomic mass is 10.1. The summed E-state index contributed by atoms with van der Waals surface area (Å²) in [5.74, 6) is 1.04. The number of para-hydroxylation sites is 1. The number of methoxy groups -OCH3 is 1. The first kappa shape index (κ1) is 13.7. The highest BCUT2D eigenvalue weighted by molar-refractivity contribution is 5.95. The van der Waals surface area contributed by atoms with Crippen LogP contribution in [0.2, 0.25) is 0 Å². The van der Waals surface area contributed by atoms with Crippen molar-refractivity contribution in [1.29, 1.82) is 0 Å². The Morgan fingerprint density at radius 1 is 1.19 bits per heavy atom. The Hall–Kier alpha value is -2.29. The van der Waals surface area contributed by atoms with Crippen molar-refractivity contribution in [2.45, 2.75) is 19.3 Å². The van der Waals surface area contributed by atoms with Crippen molar-refractivity contribution in [3.63, 3.8) is 0 Å². The SMILES string of the molecule is COc1cccc(CCC(=O)N2CCc3ccccc32)c1. The molecule has 3 rings (SSSR count). The summed E-state index contributed by atoms with van der Waals surface area (Å²) in [6.07, 6.45) is 2.23. The molecule has 0 radical (unpaired) electrons. The van der Waals surface area contributed by atoms with Crippen LogP contribution in [0.1, 0.15) is 17.5 Å².